The highest BCUT2D eigenvalue weighted by Gasteiger charge is 1.87. The van der Waals surface area contributed by atoms with Gasteiger partial charge in [0.05, 0.1) is 0 Å². The van der Waals surface area contributed by atoms with Gasteiger partial charge in [0.2, 0.25) is 0 Å². The lowest BCUT2D eigenvalue weighted by atomic mass is 10.1. The van der Waals surface area contributed by atoms with Gasteiger partial charge in [0, 0.05) is 0 Å². The van der Waals surface area contributed by atoms with Gasteiger partial charge in [-0.05, 0) is 25.7 Å². The standard InChI is InChI=1S/C8H15/c1-4-6-7-8(3)5-2/h6-8H,3-5H2,1-2H3. The molecule has 0 aliphatic carbocycles. The van der Waals surface area contributed by atoms with Gasteiger partial charge in [-0.25, -0.2) is 0 Å². The molecule has 0 N–H and O–H groups in total. The summed E-state index contributed by atoms with van der Waals surface area (Å²) < 4.78 is 0. The Morgan fingerprint density at radius 3 is 2.50 bits per heavy atom. The van der Waals surface area contributed by atoms with Crippen molar-refractivity contribution in [2.24, 2.45) is 5.92 Å². The van der Waals surface area contributed by atoms with Gasteiger partial charge >= 0.3 is 0 Å². The average Bonchev–Trinajstić information content (AvgIpc) is 1.83. The van der Waals surface area contributed by atoms with Gasteiger partial charge < -0.3 is 0 Å². The summed E-state index contributed by atoms with van der Waals surface area (Å²) in [6, 6.07) is 0. The second kappa shape index (κ2) is 4.89. The lowest BCUT2D eigenvalue weighted by Crippen LogP contribution is -1.83. The quantitative estimate of drug-likeness (QED) is 0.491. The van der Waals surface area contributed by atoms with Crippen molar-refractivity contribution in [1.29, 1.82) is 0 Å². The van der Waals surface area contributed by atoms with E-state index in [4.69, 9.17) is 0 Å². The van der Waals surface area contributed by atoms with Gasteiger partial charge in [-0.2, -0.15) is 0 Å². The van der Waals surface area contributed by atoms with Crippen molar-refractivity contribution < 1.29 is 0 Å². The second-order valence-electron chi connectivity index (χ2n) is 2.00. The van der Waals surface area contributed by atoms with Gasteiger partial charge in [-0.15, -0.1) is 0 Å². The molecule has 0 fully saturated rings. The van der Waals surface area contributed by atoms with E-state index in [1.165, 1.54) is 0 Å². The van der Waals surface area contributed by atoms with Crippen molar-refractivity contribution >= 4 is 0 Å². The Bertz CT molecular complexity index is 62.4. The number of hydrogen-bond acceptors (Lipinski definition) is 0. The Morgan fingerprint density at radius 1 is 1.50 bits per heavy atom. The maximum Gasteiger partial charge on any atom is -0.0236 e. The molecule has 0 saturated heterocycles. The van der Waals surface area contributed by atoms with Crippen LogP contribution < -0.4 is 0 Å². The molecule has 0 aliphatic rings. The fraction of sp³-hybridized carbons (Fsp3) is 0.625. The summed E-state index contributed by atoms with van der Waals surface area (Å²) in [4.78, 5) is 0. The first-order valence-corrected chi connectivity index (χ1v) is 3.31. The SMILES string of the molecule is [CH2]C(C=CCC)CC. The molecule has 0 spiro atoms. The van der Waals surface area contributed by atoms with Crippen molar-refractivity contribution in [3.63, 3.8) is 0 Å². The lowest BCUT2D eigenvalue weighted by molar-refractivity contribution is 0.767. The van der Waals surface area contributed by atoms with Crippen LogP contribution in [0.2, 0.25) is 0 Å². The fourth-order valence-corrected chi connectivity index (χ4v) is 0.465. The molecule has 1 unspecified atom stereocenters. The molecule has 0 aliphatic heterocycles. The third kappa shape index (κ3) is 3.91. The Hall–Kier alpha value is -0.260. The molecule has 0 heterocycles. The summed E-state index contributed by atoms with van der Waals surface area (Å²) in [5.74, 6) is 0.523. The molecule has 0 amide bonds. The van der Waals surface area contributed by atoms with Crippen LogP contribution in [-0.2, 0) is 0 Å². The predicted octanol–water partition coefficient (Wildman–Crippen LogP) is 2.81. The van der Waals surface area contributed by atoms with Gasteiger partial charge in [0.1, 0.15) is 0 Å². The molecule has 0 aromatic carbocycles. The van der Waals surface area contributed by atoms with Gasteiger partial charge in [-0.1, -0.05) is 26.0 Å². The highest BCUT2D eigenvalue weighted by atomic mass is 13.9. The molecule has 0 rings (SSSR count). The zero-order chi connectivity index (χ0) is 6.41. The van der Waals surface area contributed by atoms with E-state index < -0.39 is 0 Å². The fourth-order valence-electron chi connectivity index (χ4n) is 0.465. The van der Waals surface area contributed by atoms with Crippen LogP contribution in [0.25, 0.3) is 0 Å². The smallest absolute Gasteiger partial charge is 0.0236 e. The van der Waals surface area contributed by atoms with Gasteiger partial charge in [-0.3, -0.25) is 0 Å². The van der Waals surface area contributed by atoms with Crippen LogP contribution in [0.4, 0.5) is 0 Å². The zero-order valence-corrected chi connectivity index (χ0v) is 5.85. The van der Waals surface area contributed by atoms with E-state index in [2.05, 4.69) is 32.9 Å². The molecule has 1 radical (unpaired) electrons. The predicted molar refractivity (Wildman–Crippen MR) is 38.6 cm³/mol. The molecule has 0 saturated carbocycles. The summed E-state index contributed by atoms with van der Waals surface area (Å²) in [7, 11) is 0. The van der Waals surface area contributed by atoms with Crippen LogP contribution in [0.15, 0.2) is 12.2 Å². The molecule has 1 atom stereocenters. The van der Waals surface area contributed by atoms with Crippen molar-refractivity contribution in [3.8, 4) is 0 Å². The Morgan fingerprint density at radius 2 is 2.12 bits per heavy atom. The van der Waals surface area contributed by atoms with Crippen molar-refractivity contribution in [3.05, 3.63) is 19.1 Å². The van der Waals surface area contributed by atoms with Gasteiger partial charge in [0.25, 0.3) is 0 Å². The Kier molecular flexibility index (Phi) is 4.73. The molecule has 0 heteroatoms. The average molecular weight is 111 g/mol. The summed E-state index contributed by atoms with van der Waals surface area (Å²) >= 11 is 0. The van der Waals surface area contributed by atoms with Crippen LogP contribution in [0, 0.1) is 12.8 Å². The van der Waals surface area contributed by atoms with E-state index in [0.717, 1.165) is 12.8 Å². The first-order valence-electron chi connectivity index (χ1n) is 3.31. The lowest BCUT2D eigenvalue weighted by Gasteiger charge is -1.96. The Labute approximate surface area is 52.6 Å². The minimum absolute atomic E-state index is 0.523. The second-order valence-corrected chi connectivity index (χ2v) is 2.00. The summed E-state index contributed by atoms with van der Waals surface area (Å²) in [6.45, 7) is 8.20. The van der Waals surface area contributed by atoms with E-state index in [0.29, 0.717) is 5.92 Å². The third-order valence-corrected chi connectivity index (χ3v) is 1.17. The summed E-state index contributed by atoms with van der Waals surface area (Å²) in [5.41, 5.74) is 0. The summed E-state index contributed by atoms with van der Waals surface area (Å²) in [5, 5.41) is 0. The van der Waals surface area contributed by atoms with Crippen molar-refractivity contribution in [2.45, 2.75) is 26.7 Å². The summed E-state index contributed by atoms with van der Waals surface area (Å²) in [6.07, 6.45) is 6.61. The van der Waals surface area contributed by atoms with Crippen LogP contribution in [0.1, 0.15) is 26.7 Å². The van der Waals surface area contributed by atoms with Crippen LogP contribution in [0.3, 0.4) is 0 Å². The van der Waals surface area contributed by atoms with Crippen molar-refractivity contribution in [2.75, 3.05) is 0 Å². The molecule has 0 bridgehead atoms. The first kappa shape index (κ1) is 7.74. The highest BCUT2D eigenvalue weighted by Crippen LogP contribution is 2.00. The first-order chi connectivity index (χ1) is 3.81. The topological polar surface area (TPSA) is 0 Å². The monoisotopic (exact) mass is 111 g/mol. The van der Waals surface area contributed by atoms with Crippen LogP contribution in [-0.4, -0.2) is 0 Å². The van der Waals surface area contributed by atoms with E-state index in [1.54, 1.807) is 0 Å². The van der Waals surface area contributed by atoms with Gasteiger partial charge in [0.15, 0.2) is 0 Å². The van der Waals surface area contributed by atoms with E-state index in [9.17, 15) is 0 Å². The number of rotatable bonds is 3. The minimum Gasteiger partial charge on any atom is -0.0885 e. The number of hydrogen-bond donors (Lipinski definition) is 0. The van der Waals surface area contributed by atoms with Crippen LogP contribution >= 0.6 is 0 Å². The molecule has 47 valence electrons. The maximum absolute atomic E-state index is 3.91. The third-order valence-electron chi connectivity index (χ3n) is 1.17. The zero-order valence-electron chi connectivity index (χ0n) is 5.85. The molecule has 0 nitrogen and oxygen atoms in total. The van der Waals surface area contributed by atoms with Crippen LogP contribution in [0.5, 0.6) is 0 Å². The van der Waals surface area contributed by atoms with E-state index in [-0.39, 0.29) is 0 Å². The highest BCUT2D eigenvalue weighted by molar-refractivity contribution is 4.87. The Balaban J connectivity index is 3.21. The number of allylic oxidation sites excluding steroid dienone is 2. The van der Waals surface area contributed by atoms with E-state index in [1.807, 2.05) is 0 Å². The molecular weight excluding hydrogens is 96.1 g/mol. The largest absolute Gasteiger partial charge is 0.0885 e. The molecule has 0 aromatic heterocycles. The van der Waals surface area contributed by atoms with E-state index >= 15 is 0 Å². The normalized spacial score (nSPS) is 14.9. The minimum atomic E-state index is 0.523. The molecular formula is C8H15. The molecule has 8 heavy (non-hydrogen) atoms. The molecule has 0 aromatic rings. The van der Waals surface area contributed by atoms with Crippen molar-refractivity contribution in [1.82, 2.24) is 0 Å². The maximum atomic E-state index is 3.91.